The number of esters is 2. The Balaban J connectivity index is 1.65. The van der Waals surface area contributed by atoms with Gasteiger partial charge in [-0.1, -0.05) is 13.8 Å². The molecule has 4 saturated carbocycles. The number of carbonyl (C=O) groups is 2. The van der Waals surface area contributed by atoms with E-state index < -0.39 is 0 Å². The van der Waals surface area contributed by atoms with E-state index in [1.54, 1.807) is 0 Å². The Morgan fingerprint density at radius 2 is 1.67 bits per heavy atom. The molecule has 0 bridgehead atoms. The lowest BCUT2D eigenvalue weighted by Crippen LogP contribution is -2.60. The highest BCUT2D eigenvalue weighted by molar-refractivity contribution is 5.66. The smallest absolute Gasteiger partial charge is 0.302 e. The van der Waals surface area contributed by atoms with E-state index in [4.69, 9.17) is 9.47 Å². The second kappa shape index (κ2) is 7.79. The van der Waals surface area contributed by atoms with Crippen molar-refractivity contribution in [3.8, 4) is 0 Å². The Kier molecular flexibility index (Phi) is 5.74. The minimum atomic E-state index is -0.319. The van der Waals surface area contributed by atoms with Crippen molar-refractivity contribution in [1.82, 2.24) is 0 Å². The molecule has 0 spiro atoms. The quantitative estimate of drug-likeness (QED) is 0.681. The van der Waals surface area contributed by atoms with Crippen LogP contribution in [0, 0.1) is 40.4 Å². The van der Waals surface area contributed by atoms with Crippen molar-refractivity contribution in [3.05, 3.63) is 0 Å². The SMILES string of the molecule is CC(=O)OC1CCC2(C)C(CCC3C4CCC(C(C)O)C4(C)CC(OC(C)=O)C32)C1. The lowest BCUT2D eigenvalue weighted by Gasteiger charge is -2.63. The first kappa shape index (κ1) is 22.1. The average Bonchev–Trinajstić information content (AvgIpc) is 2.97. The first-order valence-corrected chi connectivity index (χ1v) is 12.1. The lowest BCUT2D eigenvalue weighted by atomic mass is 9.43. The monoisotopic (exact) mass is 420 g/mol. The first-order chi connectivity index (χ1) is 14.1. The van der Waals surface area contributed by atoms with E-state index in [1.165, 1.54) is 20.3 Å². The number of hydrogen-bond acceptors (Lipinski definition) is 5. The molecule has 0 heterocycles. The Morgan fingerprint density at radius 1 is 0.967 bits per heavy atom. The fourth-order valence-electron chi connectivity index (χ4n) is 8.80. The molecule has 0 amide bonds. The van der Waals surface area contributed by atoms with E-state index in [0.717, 1.165) is 44.9 Å². The predicted molar refractivity (Wildman–Crippen MR) is 113 cm³/mol. The zero-order valence-electron chi connectivity index (χ0n) is 19.4. The molecule has 10 atom stereocenters. The van der Waals surface area contributed by atoms with E-state index in [1.807, 2.05) is 6.92 Å². The Morgan fingerprint density at radius 3 is 2.30 bits per heavy atom. The predicted octanol–water partition coefficient (Wildman–Crippen LogP) is 4.50. The van der Waals surface area contributed by atoms with Crippen molar-refractivity contribution in [2.24, 2.45) is 40.4 Å². The third-order valence-corrected chi connectivity index (χ3v) is 9.83. The summed E-state index contributed by atoms with van der Waals surface area (Å²) >= 11 is 0. The Hall–Kier alpha value is -1.10. The van der Waals surface area contributed by atoms with E-state index >= 15 is 0 Å². The number of fused-ring (bicyclic) bond motifs is 5. The molecule has 30 heavy (non-hydrogen) atoms. The maximum Gasteiger partial charge on any atom is 0.302 e. The summed E-state index contributed by atoms with van der Waals surface area (Å²) in [6.45, 7) is 9.73. The van der Waals surface area contributed by atoms with Gasteiger partial charge < -0.3 is 14.6 Å². The fraction of sp³-hybridized carbons (Fsp3) is 0.920. The molecular formula is C25H40O5. The van der Waals surface area contributed by atoms with E-state index in [2.05, 4.69) is 13.8 Å². The number of ether oxygens (including phenoxy) is 2. The third kappa shape index (κ3) is 3.49. The molecule has 170 valence electrons. The Labute approximate surface area is 181 Å². The number of aliphatic hydroxyl groups excluding tert-OH is 1. The molecule has 0 aliphatic heterocycles. The van der Waals surface area contributed by atoms with Crippen LogP contribution in [0.5, 0.6) is 0 Å². The number of aliphatic hydroxyl groups is 1. The summed E-state index contributed by atoms with van der Waals surface area (Å²) in [4.78, 5) is 23.6. The molecule has 5 nitrogen and oxygen atoms in total. The summed E-state index contributed by atoms with van der Waals surface area (Å²) in [6, 6.07) is 0. The summed E-state index contributed by atoms with van der Waals surface area (Å²) in [5.74, 6) is 1.93. The topological polar surface area (TPSA) is 72.8 Å². The first-order valence-electron chi connectivity index (χ1n) is 12.1. The van der Waals surface area contributed by atoms with Gasteiger partial charge in [-0.3, -0.25) is 9.59 Å². The van der Waals surface area contributed by atoms with Crippen molar-refractivity contribution in [3.63, 3.8) is 0 Å². The minimum Gasteiger partial charge on any atom is -0.463 e. The van der Waals surface area contributed by atoms with Gasteiger partial charge in [0.25, 0.3) is 0 Å². The van der Waals surface area contributed by atoms with Crippen LogP contribution in [-0.4, -0.2) is 35.4 Å². The van der Waals surface area contributed by atoms with Crippen LogP contribution in [0.3, 0.4) is 0 Å². The summed E-state index contributed by atoms with van der Waals surface area (Å²) in [5.41, 5.74) is 0.150. The molecule has 0 aromatic heterocycles. The number of rotatable bonds is 3. The molecule has 1 N–H and O–H groups in total. The zero-order valence-corrected chi connectivity index (χ0v) is 19.4. The highest BCUT2D eigenvalue weighted by Crippen LogP contribution is 2.68. The zero-order chi connectivity index (χ0) is 21.8. The van der Waals surface area contributed by atoms with Crippen LogP contribution in [-0.2, 0) is 19.1 Å². The fourth-order valence-corrected chi connectivity index (χ4v) is 8.80. The molecule has 4 rings (SSSR count). The highest BCUT2D eigenvalue weighted by Gasteiger charge is 2.64. The largest absolute Gasteiger partial charge is 0.463 e. The van der Waals surface area contributed by atoms with Crippen LogP contribution < -0.4 is 0 Å². The van der Waals surface area contributed by atoms with Gasteiger partial charge in [0.1, 0.15) is 12.2 Å². The average molecular weight is 421 g/mol. The minimum absolute atomic E-state index is 0.0317. The summed E-state index contributed by atoms with van der Waals surface area (Å²) < 4.78 is 11.6. The van der Waals surface area contributed by atoms with Gasteiger partial charge in [-0.25, -0.2) is 0 Å². The van der Waals surface area contributed by atoms with Crippen molar-refractivity contribution in [2.45, 2.75) is 104 Å². The van der Waals surface area contributed by atoms with Gasteiger partial charge in [-0.05, 0) is 92.8 Å². The molecule has 4 fully saturated rings. The molecule has 10 unspecified atom stereocenters. The number of hydrogen-bond donors (Lipinski definition) is 1. The summed E-state index contributed by atoms with van der Waals surface area (Å²) in [6.07, 6.45) is 7.93. The second-order valence-corrected chi connectivity index (χ2v) is 11.4. The Bertz CT molecular complexity index is 689. The van der Waals surface area contributed by atoms with E-state index in [0.29, 0.717) is 23.7 Å². The van der Waals surface area contributed by atoms with Crippen molar-refractivity contribution < 1.29 is 24.2 Å². The van der Waals surface area contributed by atoms with Crippen molar-refractivity contribution in [2.75, 3.05) is 0 Å². The third-order valence-electron chi connectivity index (χ3n) is 9.83. The molecule has 5 heteroatoms. The maximum atomic E-state index is 12.1. The van der Waals surface area contributed by atoms with Crippen LogP contribution in [0.1, 0.15) is 86.0 Å². The molecule has 0 aromatic rings. The van der Waals surface area contributed by atoms with Gasteiger partial charge in [-0.2, -0.15) is 0 Å². The van der Waals surface area contributed by atoms with Crippen LogP contribution >= 0.6 is 0 Å². The van der Waals surface area contributed by atoms with Gasteiger partial charge in [0, 0.05) is 19.8 Å². The molecule has 0 radical (unpaired) electrons. The van der Waals surface area contributed by atoms with Gasteiger partial charge >= 0.3 is 11.9 Å². The molecule has 0 aromatic carbocycles. The molecule has 0 saturated heterocycles. The van der Waals surface area contributed by atoms with E-state index in [-0.39, 0.29) is 47.0 Å². The van der Waals surface area contributed by atoms with E-state index in [9.17, 15) is 14.7 Å². The second-order valence-electron chi connectivity index (χ2n) is 11.4. The van der Waals surface area contributed by atoms with Gasteiger partial charge in [-0.15, -0.1) is 0 Å². The van der Waals surface area contributed by atoms with Crippen LogP contribution in [0.2, 0.25) is 0 Å². The van der Waals surface area contributed by atoms with Gasteiger partial charge in [0.15, 0.2) is 0 Å². The molecule has 4 aliphatic carbocycles. The molecular weight excluding hydrogens is 380 g/mol. The highest BCUT2D eigenvalue weighted by atomic mass is 16.5. The van der Waals surface area contributed by atoms with Crippen molar-refractivity contribution in [1.29, 1.82) is 0 Å². The van der Waals surface area contributed by atoms with Crippen LogP contribution in [0.15, 0.2) is 0 Å². The lowest BCUT2D eigenvalue weighted by molar-refractivity contribution is -0.202. The van der Waals surface area contributed by atoms with Crippen molar-refractivity contribution >= 4 is 11.9 Å². The normalized spacial score (nSPS) is 48.7. The van der Waals surface area contributed by atoms with Crippen LogP contribution in [0.25, 0.3) is 0 Å². The standard InChI is InChI=1S/C25H40O5/c1-14(26)20-8-9-21-19-7-6-17-12-18(29-15(2)27)10-11-24(17,4)23(19)22(30-16(3)28)13-25(20,21)5/h14,17-23,26H,6-13H2,1-5H3. The number of carbonyl (C=O) groups excluding carboxylic acids is 2. The maximum absolute atomic E-state index is 12.1. The summed E-state index contributed by atoms with van der Waals surface area (Å²) in [7, 11) is 0. The van der Waals surface area contributed by atoms with Gasteiger partial charge in [0.05, 0.1) is 6.10 Å². The molecule has 4 aliphatic rings. The summed E-state index contributed by atoms with van der Waals surface area (Å²) in [5, 5.41) is 10.5. The van der Waals surface area contributed by atoms with Gasteiger partial charge in [0.2, 0.25) is 0 Å². The van der Waals surface area contributed by atoms with Crippen LogP contribution in [0.4, 0.5) is 0 Å².